The van der Waals surface area contributed by atoms with E-state index in [0.29, 0.717) is 0 Å². The molecule has 9 nitrogen and oxygen atoms in total. The second kappa shape index (κ2) is 10.5. The molecule has 2 aromatic carbocycles. The number of nitriles is 1. The smallest absolute Gasteiger partial charge is 0.280 e. The number of amides is 2. The number of carbonyl (C=O) groups is 2. The predicted molar refractivity (Wildman–Crippen MR) is 132 cm³/mol. The van der Waals surface area contributed by atoms with E-state index in [0.717, 1.165) is 27.4 Å². The van der Waals surface area contributed by atoms with Crippen molar-refractivity contribution in [2.75, 3.05) is 18.0 Å². The first-order valence-electron chi connectivity index (χ1n) is 11.5. The Morgan fingerprint density at radius 3 is 2.50 bits per heavy atom. The molecule has 2 amide bonds. The Morgan fingerprint density at radius 2 is 1.92 bits per heavy atom. The van der Waals surface area contributed by atoms with Crippen LogP contribution in [0.4, 0.5) is 18.9 Å². The van der Waals surface area contributed by atoms with Gasteiger partial charge in [0.15, 0.2) is 0 Å². The van der Waals surface area contributed by atoms with Crippen molar-refractivity contribution in [2.45, 2.75) is 43.8 Å². The van der Waals surface area contributed by atoms with Gasteiger partial charge in [0, 0.05) is 47.7 Å². The first-order valence-corrected chi connectivity index (χ1v) is 13.3. The Morgan fingerprint density at radius 1 is 1.26 bits per heavy atom. The summed E-state index contributed by atoms with van der Waals surface area (Å²) < 4.78 is 69.5. The highest BCUT2D eigenvalue weighted by atomic mass is 35.5. The molecule has 1 aliphatic carbocycles. The Labute approximate surface area is 222 Å². The molecule has 0 spiro atoms. The van der Waals surface area contributed by atoms with E-state index < -0.39 is 65.2 Å². The molecule has 2 N–H and O–H groups in total. The summed E-state index contributed by atoms with van der Waals surface area (Å²) in [4.78, 5) is 27.9. The highest BCUT2D eigenvalue weighted by Gasteiger charge is 2.47. The molecule has 1 aliphatic heterocycles. The van der Waals surface area contributed by atoms with Gasteiger partial charge in [-0.25, -0.2) is 13.2 Å². The van der Waals surface area contributed by atoms with Crippen molar-refractivity contribution in [3.63, 3.8) is 0 Å². The number of rotatable bonds is 9. The van der Waals surface area contributed by atoms with E-state index in [2.05, 4.69) is 10.0 Å². The minimum Gasteiger partial charge on any atom is -0.351 e. The first kappa shape index (κ1) is 27.8. The van der Waals surface area contributed by atoms with Crippen LogP contribution >= 0.6 is 11.6 Å². The molecular formula is C24H23ClF3N5O4S. The summed E-state index contributed by atoms with van der Waals surface area (Å²) >= 11 is 6.35. The quantitative estimate of drug-likeness (QED) is 0.450. The zero-order chi connectivity index (χ0) is 27.8. The van der Waals surface area contributed by atoms with Crippen LogP contribution in [-0.2, 0) is 19.8 Å². The fourth-order valence-electron chi connectivity index (χ4n) is 4.22. The van der Waals surface area contributed by atoms with Gasteiger partial charge in [-0.2, -0.15) is 22.7 Å². The molecule has 38 heavy (non-hydrogen) atoms. The third-order valence-corrected chi connectivity index (χ3v) is 8.20. The number of halogens is 4. The van der Waals surface area contributed by atoms with E-state index >= 15 is 0 Å². The molecule has 0 radical (unpaired) electrons. The van der Waals surface area contributed by atoms with Crippen molar-refractivity contribution in [1.82, 2.24) is 14.3 Å². The Bertz CT molecular complexity index is 1410. The highest BCUT2D eigenvalue weighted by Crippen LogP contribution is 2.39. The van der Waals surface area contributed by atoms with Crippen molar-refractivity contribution in [3.05, 3.63) is 64.4 Å². The van der Waals surface area contributed by atoms with Crippen LogP contribution in [0.5, 0.6) is 0 Å². The molecule has 3 atom stereocenters. The number of anilines is 1. The maximum Gasteiger partial charge on any atom is 0.280 e. The molecule has 2 unspecified atom stereocenters. The van der Waals surface area contributed by atoms with Gasteiger partial charge in [0.25, 0.3) is 16.1 Å². The fourth-order valence-corrected chi connectivity index (χ4v) is 5.82. The standard InChI is InChI=1S/C24H23ClF3N5O4S/c1-14-13-32(14)38(36,37)30-12-21(34)33(18-7-15(11-29)6-16(26)8-18)22(19-4-2-3-5-20(19)25)23(35)31-17-9-24(27,28)10-17/h2-8,14,17,22,30H,9-10,12-13H2,1H3,(H,31,35)/t14-,22?,32?/m0/s1. The normalized spacial score (nSPS) is 21.1. The first-order chi connectivity index (χ1) is 17.8. The lowest BCUT2D eigenvalue weighted by molar-refractivity contribution is -0.132. The average Bonchev–Trinajstić information content (AvgIpc) is 3.57. The van der Waals surface area contributed by atoms with Crippen LogP contribution in [0.1, 0.15) is 36.9 Å². The molecule has 202 valence electrons. The van der Waals surface area contributed by atoms with Crippen LogP contribution in [0.15, 0.2) is 42.5 Å². The third kappa shape index (κ3) is 6.10. The Hall–Kier alpha value is -3.18. The van der Waals surface area contributed by atoms with Gasteiger partial charge in [0.1, 0.15) is 11.9 Å². The predicted octanol–water partition coefficient (Wildman–Crippen LogP) is 2.88. The molecule has 4 rings (SSSR count). The second-order valence-corrected chi connectivity index (χ2v) is 11.3. The van der Waals surface area contributed by atoms with Gasteiger partial charge in [-0.3, -0.25) is 14.5 Å². The van der Waals surface area contributed by atoms with Crippen LogP contribution in [-0.4, -0.2) is 55.6 Å². The van der Waals surface area contributed by atoms with Crippen LogP contribution in [0, 0.1) is 17.1 Å². The van der Waals surface area contributed by atoms with Crippen LogP contribution < -0.4 is 14.9 Å². The summed E-state index contributed by atoms with van der Waals surface area (Å²) in [6, 6.07) is 7.93. The largest absolute Gasteiger partial charge is 0.351 e. The van der Waals surface area contributed by atoms with Crippen LogP contribution in [0.2, 0.25) is 5.02 Å². The molecule has 2 fully saturated rings. The van der Waals surface area contributed by atoms with Gasteiger partial charge in [0.05, 0.1) is 18.2 Å². The van der Waals surface area contributed by atoms with Gasteiger partial charge >= 0.3 is 0 Å². The van der Waals surface area contributed by atoms with E-state index in [1.165, 1.54) is 18.2 Å². The van der Waals surface area contributed by atoms with Gasteiger partial charge in [-0.1, -0.05) is 29.8 Å². The monoisotopic (exact) mass is 569 g/mol. The zero-order valence-corrected chi connectivity index (χ0v) is 21.6. The maximum absolute atomic E-state index is 14.5. The number of nitrogens with one attached hydrogen (secondary N) is 2. The number of carbonyl (C=O) groups excluding carboxylic acids is 2. The number of hydrogen-bond donors (Lipinski definition) is 2. The molecule has 1 heterocycles. The third-order valence-electron chi connectivity index (χ3n) is 6.22. The Kier molecular flexibility index (Phi) is 7.72. The molecule has 0 bridgehead atoms. The van der Waals surface area contributed by atoms with E-state index in [4.69, 9.17) is 11.6 Å². The van der Waals surface area contributed by atoms with E-state index in [1.807, 2.05) is 0 Å². The average molecular weight is 570 g/mol. The summed E-state index contributed by atoms with van der Waals surface area (Å²) in [5.41, 5.74) is -0.325. The van der Waals surface area contributed by atoms with Crippen molar-refractivity contribution < 1.29 is 31.2 Å². The van der Waals surface area contributed by atoms with Crippen molar-refractivity contribution in [1.29, 1.82) is 5.26 Å². The molecule has 2 aromatic rings. The van der Waals surface area contributed by atoms with E-state index in [-0.39, 0.29) is 34.4 Å². The molecule has 2 aliphatic rings. The minimum absolute atomic E-state index is 0.0415. The zero-order valence-electron chi connectivity index (χ0n) is 20.0. The minimum atomic E-state index is -4.01. The number of hydrogen-bond acceptors (Lipinski definition) is 5. The molecular weight excluding hydrogens is 547 g/mol. The van der Waals surface area contributed by atoms with Gasteiger partial charge in [-0.05, 0) is 31.2 Å². The fraction of sp³-hybridized carbons (Fsp3) is 0.375. The number of benzene rings is 2. The van der Waals surface area contributed by atoms with Crippen LogP contribution in [0.3, 0.4) is 0 Å². The van der Waals surface area contributed by atoms with E-state index in [9.17, 15) is 36.4 Å². The Balaban J connectivity index is 1.75. The summed E-state index contributed by atoms with van der Waals surface area (Å²) in [5, 5.41) is 11.9. The molecule has 1 saturated heterocycles. The lowest BCUT2D eigenvalue weighted by Crippen LogP contribution is -2.55. The molecule has 14 heteroatoms. The van der Waals surface area contributed by atoms with E-state index in [1.54, 1.807) is 19.1 Å². The van der Waals surface area contributed by atoms with Crippen molar-refractivity contribution in [3.8, 4) is 6.07 Å². The second-order valence-electron chi connectivity index (χ2n) is 9.21. The molecule has 1 saturated carbocycles. The summed E-state index contributed by atoms with van der Waals surface area (Å²) in [6.45, 7) is 1.12. The number of nitrogens with zero attached hydrogens (tertiary/aromatic N) is 3. The van der Waals surface area contributed by atoms with Crippen molar-refractivity contribution in [2.24, 2.45) is 0 Å². The molecule has 0 aromatic heterocycles. The maximum atomic E-state index is 14.5. The topological polar surface area (TPSA) is 122 Å². The van der Waals surface area contributed by atoms with Crippen LogP contribution in [0.25, 0.3) is 0 Å². The summed E-state index contributed by atoms with van der Waals surface area (Å²) in [5.74, 6) is -5.70. The SMILES string of the molecule is C[C@H]1CN1S(=O)(=O)NCC(=O)N(c1cc(F)cc(C#N)c1)C(C(=O)NC1CC(F)(F)C1)c1ccccc1Cl. The number of alkyl halides is 2. The lowest BCUT2D eigenvalue weighted by Gasteiger charge is -2.38. The van der Waals surface area contributed by atoms with Crippen molar-refractivity contribution >= 4 is 39.3 Å². The highest BCUT2D eigenvalue weighted by molar-refractivity contribution is 7.87. The van der Waals surface area contributed by atoms with Gasteiger partial charge in [0.2, 0.25) is 11.8 Å². The summed E-state index contributed by atoms with van der Waals surface area (Å²) in [7, 11) is -4.01. The summed E-state index contributed by atoms with van der Waals surface area (Å²) in [6.07, 6.45) is -1.21. The van der Waals surface area contributed by atoms with Gasteiger partial charge in [-0.15, -0.1) is 0 Å². The van der Waals surface area contributed by atoms with Gasteiger partial charge < -0.3 is 5.32 Å². The lowest BCUT2D eigenvalue weighted by atomic mass is 9.87.